The summed E-state index contributed by atoms with van der Waals surface area (Å²) in [7, 11) is 0. The Labute approximate surface area is 172 Å². The summed E-state index contributed by atoms with van der Waals surface area (Å²) in [5, 5.41) is 0. The minimum absolute atomic E-state index is 0.0729. The van der Waals surface area contributed by atoms with E-state index in [0.717, 1.165) is 24.0 Å². The number of ketones is 1. The number of para-hydroxylation sites is 1. The smallest absolute Gasteiger partial charge is 0.318 e. The Bertz CT molecular complexity index is 942. The van der Waals surface area contributed by atoms with Gasteiger partial charge in [-0.2, -0.15) is 0 Å². The van der Waals surface area contributed by atoms with E-state index in [0.29, 0.717) is 12.2 Å². The highest BCUT2D eigenvalue weighted by atomic mass is 16.5. The largest absolute Gasteiger partial charge is 0.426 e. The summed E-state index contributed by atoms with van der Waals surface area (Å²) >= 11 is 0. The van der Waals surface area contributed by atoms with Gasteiger partial charge in [-0.1, -0.05) is 75.4 Å². The summed E-state index contributed by atoms with van der Waals surface area (Å²) in [6.45, 7) is 6.47. The Morgan fingerprint density at radius 2 is 1.69 bits per heavy atom. The average Bonchev–Trinajstić information content (AvgIpc) is 3.02. The first-order valence-electron chi connectivity index (χ1n) is 10.4. The van der Waals surface area contributed by atoms with Gasteiger partial charge in [0.15, 0.2) is 5.78 Å². The number of Topliss-reactive ketones (excluding diaryl/α,β-unsaturated/α-hetero) is 1. The number of carbonyl (C=O) groups excluding carboxylic acids is 2. The third-order valence-electron chi connectivity index (χ3n) is 7.31. The van der Waals surface area contributed by atoms with Crippen LogP contribution in [-0.2, 0) is 16.0 Å². The molecule has 0 N–H and O–H groups in total. The molecule has 2 bridgehead atoms. The molecule has 29 heavy (non-hydrogen) atoms. The number of allylic oxidation sites excluding steroid dienone is 1. The van der Waals surface area contributed by atoms with Crippen molar-refractivity contribution in [3.8, 4) is 5.75 Å². The van der Waals surface area contributed by atoms with Crippen molar-refractivity contribution in [3.63, 3.8) is 0 Å². The standard InChI is InChI=1S/C26H28O3/c1-25(2)22-14-15-26(25,3)23(27)21(22)17-19(16-18-10-6-4-7-11-18)24(28)29-20-12-8-5-9-13-20/h4-13,17,19,22H,14-16H2,1-3H3/t19-,22+,26-/m1/s1. The van der Waals surface area contributed by atoms with Crippen LogP contribution in [0.3, 0.4) is 0 Å². The maximum atomic E-state index is 13.3. The zero-order valence-electron chi connectivity index (χ0n) is 17.4. The summed E-state index contributed by atoms with van der Waals surface area (Å²) in [6, 6.07) is 19.0. The fraction of sp³-hybridized carbons (Fsp3) is 0.385. The maximum absolute atomic E-state index is 13.3. The molecule has 150 valence electrons. The first-order valence-corrected chi connectivity index (χ1v) is 10.4. The monoisotopic (exact) mass is 388 g/mol. The summed E-state index contributed by atoms with van der Waals surface area (Å²) in [5.74, 6) is 0.147. The fourth-order valence-corrected chi connectivity index (χ4v) is 5.10. The molecule has 2 saturated carbocycles. The lowest BCUT2D eigenvalue weighted by Crippen LogP contribution is -2.32. The number of ether oxygens (including phenoxy) is 1. The van der Waals surface area contributed by atoms with E-state index in [9.17, 15) is 9.59 Å². The number of fused-ring (bicyclic) bond motifs is 2. The summed E-state index contributed by atoms with van der Waals surface area (Å²) in [6.07, 6.45) is 4.37. The van der Waals surface area contributed by atoms with E-state index < -0.39 is 5.92 Å². The van der Waals surface area contributed by atoms with Gasteiger partial charge in [0.1, 0.15) is 5.75 Å². The Hall–Kier alpha value is -2.68. The van der Waals surface area contributed by atoms with Gasteiger partial charge >= 0.3 is 5.97 Å². The highest BCUT2D eigenvalue weighted by Crippen LogP contribution is 2.65. The Kier molecular flexibility index (Phi) is 4.94. The third-order valence-corrected chi connectivity index (χ3v) is 7.31. The molecule has 0 heterocycles. The molecule has 0 aliphatic heterocycles. The number of hydrogen-bond acceptors (Lipinski definition) is 3. The molecular weight excluding hydrogens is 360 g/mol. The van der Waals surface area contributed by atoms with Gasteiger partial charge in [-0.05, 0) is 53.9 Å². The van der Waals surface area contributed by atoms with Gasteiger partial charge in [0, 0.05) is 5.41 Å². The summed E-state index contributed by atoms with van der Waals surface area (Å²) in [5.41, 5.74) is 1.48. The molecule has 2 aliphatic carbocycles. The van der Waals surface area contributed by atoms with E-state index in [1.165, 1.54) is 0 Å². The van der Waals surface area contributed by atoms with Crippen molar-refractivity contribution in [2.45, 2.75) is 40.0 Å². The van der Waals surface area contributed by atoms with Crippen molar-refractivity contribution in [2.75, 3.05) is 0 Å². The van der Waals surface area contributed by atoms with Gasteiger partial charge in [-0.25, -0.2) is 0 Å². The summed E-state index contributed by atoms with van der Waals surface area (Å²) in [4.78, 5) is 26.3. The molecule has 2 aliphatic rings. The van der Waals surface area contributed by atoms with Gasteiger partial charge < -0.3 is 4.74 Å². The molecule has 0 spiro atoms. The molecule has 0 radical (unpaired) electrons. The van der Waals surface area contributed by atoms with Crippen LogP contribution in [-0.4, -0.2) is 11.8 Å². The highest BCUT2D eigenvalue weighted by molar-refractivity contribution is 6.05. The molecule has 2 fully saturated rings. The SMILES string of the molecule is CC1(C)[C@H]2CC[C@]1(C)C(=O)C2=C[C@@H](Cc1ccccc1)C(=O)Oc1ccccc1. The fourth-order valence-electron chi connectivity index (χ4n) is 5.10. The van der Waals surface area contributed by atoms with Crippen molar-refractivity contribution in [1.82, 2.24) is 0 Å². The molecule has 3 heteroatoms. The second-order valence-electron chi connectivity index (χ2n) is 9.13. The number of hydrogen-bond donors (Lipinski definition) is 0. The quantitative estimate of drug-likeness (QED) is 0.391. The predicted octanol–water partition coefficient (Wildman–Crippen LogP) is 5.40. The molecule has 0 amide bonds. The Morgan fingerprint density at radius 1 is 1.07 bits per heavy atom. The zero-order chi connectivity index (χ0) is 20.6. The van der Waals surface area contributed by atoms with E-state index in [1.807, 2.05) is 54.6 Å². The number of rotatable bonds is 5. The summed E-state index contributed by atoms with van der Waals surface area (Å²) < 4.78 is 5.66. The Morgan fingerprint density at radius 3 is 2.28 bits per heavy atom. The van der Waals surface area contributed by atoms with Crippen molar-refractivity contribution >= 4 is 11.8 Å². The minimum atomic E-state index is -0.490. The molecule has 0 saturated heterocycles. The zero-order valence-corrected chi connectivity index (χ0v) is 17.4. The van der Waals surface area contributed by atoms with Crippen LogP contribution in [0.1, 0.15) is 39.2 Å². The van der Waals surface area contributed by atoms with Gasteiger partial charge in [-0.3, -0.25) is 9.59 Å². The molecule has 4 rings (SSSR count). The highest BCUT2D eigenvalue weighted by Gasteiger charge is 2.64. The van der Waals surface area contributed by atoms with E-state index in [4.69, 9.17) is 4.74 Å². The van der Waals surface area contributed by atoms with Crippen molar-refractivity contribution in [1.29, 1.82) is 0 Å². The topological polar surface area (TPSA) is 43.4 Å². The number of esters is 1. The molecule has 3 nitrogen and oxygen atoms in total. The van der Waals surface area contributed by atoms with E-state index in [2.05, 4.69) is 20.8 Å². The van der Waals surface area contributed by atoms with Gasteiger partial charge in [0.05, 0.1) is 5.92 Å². The lowest BCUT2D eigenvalue weighted by atomic mass is 9.70. The minimum Gasteiger partial charge on any atom is -0.426 e. The predicted molar refractivity (Wildman–Crippen MR) is 113 cm³/mol. The molecule has 2 aromatic rings. The van der Waals surface area contributed by atoms with Crippen LogP contribution < -0.4 is 4.74 Å². The lowest BCUT2D eigenvalue weighted by Gasteiger charge is -2.31. The van der Waals surface area contributed by atoms with Crippen LogP contribution in [0.15, 0.2) is 72.3 Å². The van der Waals surface area contributed by atoms with Crippen LogP contribution in [0.2, 0.25) is 0 Å². The molecule has 3 atom stereocenters. The first kappa shape index (κ1) is 19.6. The first-order chi connectivity index (χ1) is 13.8. The van der Waals surface area contributed by atoms with Crippen molar-refractivity contribution < 1.29 is 14.3 Å². The second-order valence-corrected chi connectivity index (χ2v) is 9.13. The Balaban J connectivity index is 1.66. The average molecular weight is 389 g/mol. The molecule has 0 aromatic heterocycles. The van der Waals surface area contributed by atoms with Crippen molar-refractivity contribution in [2.24, 2.45) is 22.7 Å². The molecule has 2 aromatic carbocycles. The van der Waals surface area contributed by atoms with E-state index >= 15 is 0 Å². The number of carbonyl (C=O) groups is 2. The molecular formula is C26H28O3. The van der Waals surface area contributed by atoms with E-state index in [1.54, 1.807) is 12.1 Å². The van der Waals surface area contributed by atoms with Gasteiger partial charge in [0.25, 0.3) is 0 Å². The number of benzene rings is 2. The lowest BCUT2D eigenvalue weighted by molar-refractivity contribution is -0.137. The van der Waals surface area contributed by atoms with E-state index in [-0.39, 0.29) is 28.5 Å². The third kappa shape index (κ3) is 3.33. The van der Waals surface area contributed by atoms with Crippen molar-refractivity contribution in [3.05, 3.63) is 77.9 Å². The van der Waals surface area contributed by atoms with Gasteiger partial charge in [-0.15, -0.1) is 0 Å². The van der Waals surface area contributed by atoms with Crippen LogP contribution in [0, 0.1) is 22.7 Å². The van der Waals surface area contributed by atoms with Crippen LogP contribution in [0.25, 0.3) is 0 Å². The molecule has 0 unspecified atom stereocenters. The maximum Gasteiger partial charge on any atom is 0.318 e. The van der Waals surface area contributed by atoms with Crippen LogP contribution >= 0.6 is 0 Å². The van der Waals surface area contributed by atoms with Crippen LogP contribution in [0.4, 0.5) is 0 Å². The normalized spacial score (nSPS) is 27.2. The van der Waals surface area contributed by atoms with Gasteiger partial charge in [0.2, 0.25) is 0 Å². The second kappa shape index (κ2) is 7.29. The van der Waals surface area contributed by atoms with Crippen LogP contribution in [0.5, 0.6) is 5.75 Å².